The van der Waals surface area contributed by atoms with E-state index in [1.165, 1.54) is 17.4 Å². The molecule has 35 heavy (non-hydrogen) atoms. The molecule has 0 bridgehead atoms. The summed E-state index contributed by atoms with van der Waals surface area (Å²) < 4.78 is 32.5. The first-order valence-corrected chi connectivity index (χ1v) is 13.3. The number of piperazine rings is 1. The van der Waals surface area contributed by atoms with Crippen LogP contribution in [0.4, 0.5) is 23.1 Å². The van der Waals surface area contributed by atoms with Crippen LogP contribution in [0.1, 0.15) is 43.0 Å². The molecule has 3 fully saturated rings. The third-order valence-electron chi connectivity index (χ3n) is 6.66. The summed E-state index contributed by atoms with van der Waals surface area (Å²) in [6, 6.07) is 5.30. The second-order valence-corrected chi connectivity index (χ2v) is 11.7. The van der Waals surface area contributed by atoms with Gasteiger partial charge in [-0.15, -0.1) is 0 Å². The summed E-state index contributed by atoms with van der Waals surface area (Å²) in [5, 5.41) is 6.07. The van der Waals surface area contributed by atoms with Crippen molar-refractivity contribution in [1.29, 1.82) is 0 Å². The number of fused-ring (bicyclic) bond motifs is 3. The molecule has 12 heteroatoms. The average Bonchev–Trinajstić information content (AvgIpc) is 3.73. The molecule has 0 spiro atoms. The second kappa shape index (κ2) is 8.16. The summed E-state index contributed by atoms with van der Waals surface area (Å²) >= 11 is 0. The maximum atomic E-state index is 13.0. The van der Waals surface area contributed by atoms with Gasteiger partial charge < -0.3 is 15.4 Å². The van der Waals surface area contributed by atoms with E-state index in [9.17, 15) is 18.0 Å². The number of benzene rings is 1. The van der Waals surface area contributed by atoms with Crippen LogP contribution in [0.2, 0.25) is 0 Å². The molecule has 1 amide bonds. The van der Waals surface area contributed by atoms with Crippen LogP contribution in [0.3, 0.4) is 0 Å². The zero-order chi connectivity index (χ0) is 24.3. The number of aromatic nitrogens is 2. The molecule has 1 aromatic carbocycles. The molecule has 6 rings (SSSR count). The molecular formula is C23H26N6O5S. The number of sulfonamides is 1. The standard InChI is InChI=1S/C23H26N6O5S/c1-13(30)18-9-24-23(27-22(18)25-14-2-3-14)26-15-4-7-19-20(8-15)34-12-16-10-28(11-21(31)29(16)19)35(32,33)17-5-6-17/h4,7-9,14,16-17H,2-3,5-6,10-12H2,1H3,(H2,24,25,26,27). The van der Waals surface area contributed by atoms with E-state index in [1.807, 2.05) is 0 Å². The van der Waals surface area contributed by atoms with Gasteiger partial charge in [0.1, 0.15) is 18.2 Å². The minimum Gasteiger partial charge on any atom is -0.489 e. The minimum atomic E-state index is -3.43. The van der Waals surface area contributed by atoms with Crippen LogP contribution in [-0.2, 0) is 14.8 Å². The number of carbonyl (C=O) groups is 2. The van der Waals surface area contributed by atoms with Gasteiger partial charge in [0, 0.05) is 30.5 Å². The van der Waals surface area contributed by atoms with Crippen LogP contribution in [0.15, 0.2) is 24.4 Å². The van der Waals surface area contributed by atoms with Crippen molar-refractivity contribution in [2.24, 2.45) is 0 Å². The molecule has 2 aliphatic carbocycles. The van der Waals surface area contributed by atoms with Gasteiger partial charge in [-0.1, -0.05) is 0 Å². The van der Waals surface area contributed by atoms with Crippen LogP contribution < -0.4 is 20.3 Å². The van der Waals surface area contributed by atoms with Gasteiger partial charge in [-0.2, -0.15) is 9.29 Å². The third kappa shape index (κ3) is 4.20. The average molecular weight is 499 g/mol. The van der Waals surface area contributed by atoms with Gasteiger partial charge in [0.15, 0.2) is 5.78 Å². The molecule has 2 aromatic rings. The minimum absolute atomic E-state index is 0.105. The summed E-state index contributed by atoms with van der Waals surface area (Å²) in [7, 11) is -3.43. The maximum Gasteiger partial charge on any atom is 0.242 e. The first-order valence-electron chi connectivity index (χ1n) is 11.8. The van der Waals surface area contributed by atoms with E-state index in [0.717, 1.165) is 12.8 Å². The predicted molar refractivity (Wildman–Crippen MR) is 129 cm³/mol. The molecule has 1 unspecified atom stereocenters. The van der Waals surface area contributed by atoms with Crippen molar-refractivity contribution in [2.45, 2.75) is 49.9 Å². The molecule has 1 atom stereocenters. The number of ether oxygens (including phenoxy) is 1. The Morgan fingerprint density at radius 2 is 2.00 bits per heavy atom. The summed E-state index contributed by atoms with van der Waals surface area (Å²) in [5.74, 6) is 1.01. The monoisotopic (exact) mass is 498 g/mol. The first-order chi connectivity index (χ1) is 16.8. The number of hydrogen-bond donors (Lipinski definition) is 2. The molecule has 0 radical (unpaired) electrons. The molecule has 2 aliphatic heterocycles. The third-order valence-corrected chi connectivity index (χ3v) is 8.97. The number of nitrogens with zero attached hydrogens (tertiary/aromatic N) is 4. The number of rotatable bonds is 7. The predicted octanol–water partition coefficient (Wildman–Crippen LogP) is 1.90. The highest BCUT2D eigenvalue weighted by Gasteiger charge is 2.47. The lowest BCUT2D eigenvalue weighted by Gasteiger charge is -2.43. The van der Waals surface area contributed by atoms with E-state index >= 15 is 0 Å². The van der Waals surface area contributed by atoms with E-state index in [2.05, 4.69) is 20.6 Å². The Balaban J connectivity index is 1.21. The first kappa shape index (κ1) is 22.2. The molecular weight excluding hydrogens is 472 g/mol. The molecule has 2 N–H and O–H groups in total. The van der Waals surface area contributed by atoms with Crippen molar-refractivity contribution >= 4 is 44.9 Å². The summed E-state index contributed by atoms with van der Waals surface area (Å²) in [5.41, 5.74) is 1.73. The topological polar surface area (TPSA) is 134 Å². The van der Waals surface area contributed by atoms with Crippen LogP contribution in [0.5, 0.6) is 5.75 Å². The molecule has 3 heterocycles. The van der Waals surface area contributed by atoms with E-state index in [1.54, 1.807) is 23.1 Å². The largest absolute Gasteiger partial charge is 0.489 e. The zero-order valence-electron chi connectivity index (χ0n) is 19.2. The highest BCUT2D eigenvalue weighted by Crippen LogP contribution is 2.40. The lowest BCUT2D eigenvalue weighted by molar-refractivity contribution is -0.121. The number of hydrogen-bond acceptors (Lipinski definition) is 9. The van der Waals surface area contributed by atoms with Gasteiger partial charge in [-0.25, -0.2) is 13.4 Å². The van der Waals surface area contributed by atoms with Crippen molar-refractivity contribution in [3.63, 3.8) is 0 Å². The SMILES string of the molecule is CC(=O)c1cnc(Nc2ccc3c(c2)OCC2CN(S(=O)(=O)C4CC4)CC(=O)N32)nc1NC1CC1. The highest BCUT2D eigenvalue weighted by molar-refractivity contribution is 7.90. The molecule has 184 valence electrons. The van der Waals surface area contributed by atoms with Gasteiger partial charge in [0.2, 0.25) is 21.9 Å². The van der Waals surface area contributed by atoms with E-state index < -0.39 is 10.0 Å². The second-order valence-electron chi connectivity index (χ2n) is 9.50. The lowest BCUT2D eigenvalue weighted by atomic mass is 10.1. The normalized spacial score (nSPS) is 22.1. The number of ketones is 1. The molecule has 2 saturated carbocycles. The fourth-order valence-electron chi connectivity index (χ4n) is 4.49. The number of carbonyl (C=O) groups excluding carboxylic acids is 2. The maximum absolute atomic E-state index is 13.0. The number of amides is 1. The summed E-state index contributed by atoms with van der Waals surface area (Å²) in [6.45, 7) is 1.78. The fraction of sp³-hybridized carbons (Fsp3) is 0.478. The van der Waals surface area contributed by atoms with Crippen LogP contribution in [-0.4, -0.2) is 71.4 Å². The van der Waals surface area contributed by atoms with Crippen LogP contribution >= 0.6 is 0 Å². The Hall–Kier alpha value is -3.25. The fourth-order valence-corrected chi connectivity index (χ4v) is 6.32. The Morgan fingerprint density at radius 3 is 2.71 bits per heavy atom. The van der Waals surface area contributed by atoms with E-state index in [0.29, 0.717) is 53.3 Å². The summed E-state index contributed by atoms with van der Waals surface area (Å²) in [6.07, 6.45) is 4.93. The van der Waals surface area contributed by atoms with Crippen molar-refractivity contribution in [2.75, 3.05) is 35.2 Å². The zero-order valence-corrected chi connectivity index (χ0v) is 20.0. The quantitative estimate of drug-likeness (QED) is 0.549. The smallest absolute Gasteiger partial charge is 0.242 e. The van der Waals surface area contributed by atoms with E-state index in [-0.39, 0.29) is 42.7 Å². The van der Waals surface area contributed by atoms with Crippen LogP contribution in [0.25, 0.3) is 0 Å². The van der Waals surface area contributed by atoms with Crippen LogP contribution in [0, 0.1) is 0 Å². The van der Waals surface area contributed by atoms with Gasteiger partial charge in [-0.3, -0.25) is 14.5 Å². The van der Waals surface area contributed by atoms with Gasteiger partial charge >= 0.3 is 0 Å². The number of nitrogens with one attached hydrogen (secondary N) is 2. The van der Waals surface area contributed by atoms with E-state index in [4.69, 9.17) is 4.74 Å². The van der Waals surface area contributed by atoms with Gasteiger partial charge in [0.25, 0.3) is 0 Å². The Labute approximate surface area is 202 Å². The van der Waals surface area contributed by atoms with Gasteiger partial charge in [0.05, 0.1) is 29.1 Å². The molecule has 11 nitrogen and oxygen atoms in total. The Bertz CT molecular complexity index is 1320. The Morgan fingerprint density at radius 1 is 1.20 bits per heavy atom. The Kier molecular flexibility index (Phi) is 5.18. The van der Waals surface area contributed by atoms with Crippen molar-refractivity contribution in [3.05, 3.63) is 30.0 Å². The molecule has 1 aromatic heterocycles. The summed E-state index contributed by atoms with van der Waals surface area (Å²) in [4.78, 5) is 35.3. The lowest BCUT2D eigenvalue weighted by Crippen LogP contribution is -2.61. The molecule has 1 saturated heterocycles. The number of Topliss-reactive ketones (excluding diaryl/α,β-unsaturated/α-hetero) is 1. The van der Waals surface area contributed by atoms with Gasteiger partial charge in [-0.05, 0) is 44.7 Å². The molecule has 4 aliphatic rings. The number of anilines is 4. The highest BCUT2D eigenvalue weighted by atomic mass is 32.2. The van der Waals surface area contributed by atoms with Crippen molar-refractivity contribution in [3.8, 4) is 5.75 Å². The van der Waals surface area contributed by atoms with Crippen molar-refractivity contribution in [1.82, 2.24) is 14.3 Å². The van der Waals surface area contributed by atoms with Crippen molar-refractivity contribution < 1.29 is 22.7 Å².